The Labute approximate surface area is 103 Å². The minimum atomic E-state index is 0. The molecule has 0 atom stereocenters. The number of rotatable bonds is 0. The zero-order valence-electron chi connectivity index (χ0n) is 7.66. The fourth-order valence-electron chi connectivity index (χ4n) is 0.650. The van der Waals surface area contributed by atoms with Gasteiger partial charge in [0.15, 0.2) is 0 Å². The summed E-state index contributed by atoms with van der Waals surface area (Å²) in [6.07, 6.45) is 6.41. The molecule has 11 heavy (non-hydrogen) atoms. The quantitative estimate of drug-likeness (QED) is 0.311. The smallest absolute Gasteiger partial charge is 0 e. The van der Waals surface area contributed by atoms with Gasteiger partial charge < -0.3 is 12.4 Å². The van der Waals surface area contributed by atoms with Crippen molar-refractivity contribution in [2.45, 2.75) is 20.3 Å². The molecule has 0 saturated heterocycles. The van der Waals surface area contributed by atoms with Gasteiger partial charge in [0.1, 0.15) is 0 Å². The van der Waals surface area contributed by atoms with Crippen molar-refractivity contribution in [3.63, 3.8) is 0 Å². The van der Waals surface area contributed by atoms with Crippen LogP contribution >= 0.6 is 0 Å². The van der Waals surface area contributed by atoms with Crippen molar-refractivity contribution in [2.24, 2.45) is 0 Å². The molecule has 0 bridgehead atoms. The van der Waals surface area contributed by atoms with Crippen LogP contribution in [0, 0.1) is 6.08 Å². The van der Waals surface area contributed by atoms with Crippen LogP contribution in [-0.4, -0.2) is 21.9 Å². The normalized spacial score (nSPS) is 12.2. The zero-order valence-corrected chi connectivity index (χ0v) is 16.0. The molecule has 0 nitrogen and oxygen atoms in total. The number of halogens is 1. The topological polar surface area (TPSA) is 0 Å². The van der Waals surface area contributed by atoms with E-state index in [-0.39, 0.29) is 60.2 Å². The first-order valence-corrected chi connectivity index (χ1v) is 2.55. The minimum absolute atomic E-state index is 0. The summed E-state index contributed by atoms with van der Waals surface area (Å²) in [7, 11) is 0. The van der Waals surface area contributed by atoms with E-state index in [0.717, 1.165) is 6.42 Å². The van der Waals surface area contributed by atoms with Crippen LogP contribution in [0.2, 0.25) is 0 Å². The molecule has 0 aromatic carbocycles. The van der Waals surface area contributed by atoms with Crippen LogP contribution < -0.4 is 12.4 Å². The Kier molecular flexibility index (Phi) is 22.9. The second-order valence-electron chi connectivity index (χ2n) is 1.89. The summed E-state index contributed by atoms with van der Waals surface area (Å²) in [5.74, 6) is 0. The summed E-state index contributed by atoms with van der Waals surface area (Å²) >= 11 is 0. The van der Waals surface area contributed by atoms with Crippen molar-refractivity contribution < 1.29 is 38.3 Å². The van der Waals surface area contributed by atoms with E-state index in [2.05, 4.69) is 26.0 Å². The molecule has 4 heteroatoms. The molecule has 2 radical (unpaired) electrons. The molecule has 1 aliphatic carbocycles. The van der Waals surface area contributed by atoms with Gasteiger partial charge in [0.25, 0.3) is 0 Å². The average molecular weight is 369 g/mol. The van der Waals surface area contributed by atoms with E-state index in [9.17, 15) is 0 Å². The van der Waals surface area contributed by atoms with Crippen LogP contribution in [0.25, 0.3) is 0 Å². The van der Waals surface area contributed by atoms with Gasteiger partial charge in [-0.3, -0.25) is 6.08 Å². The Balaban J connectivity index is -0.0000000612. The summed E-state index contributed by atoms with van der Waals surface area (Å²) in [5, 5.41) is 0. The van der Waals surface area contributed by atoms with Gasteiger partial charge >= 0.3 is 0 Å². The molecule has 0 fully saturated rings. The fraction of sp³-hybridized carbons (Fsp3) is 0.429. The van der Waals surface area contributed by atoms with Crippen LogP contribution in [0.4, 0.5) is 0 Å². The van der Waals surface area contributed by atoms with Crippen molar-refractivity contribution in [3.8, 4) is 0 Å². The standard InChI is InChI=1S/C7H9.ClH.Hf.2H3Si/c1-6-4-3-5-7(6)2;;;;/h4H,3H2,1-2H3;1H;;2*1H3/q-1;;;;/p-1. The summed E-state index contributed by atoms with van der Waals surface area (Å²) < 4.78 is 0. The second-order valence-corrected chi connectivity index (χ2v) is 1.89. The van der Waals surface area contributed by atoms with Gasteiger partial charge in [-0.2, -0.15) is 6.08 Å². The molecule has 0 amide bonds. The first kappa shape index (κ1) is 22.7. The fourth-order valence-corrected chi connectivity index (χ4v) is 0.650. The molecule has 0 unspecified atom stereocenters. The van der Waals surface area contributed by atoms with Crippen LogP contribution in [0.3, 0.4) is 0 Å². The van der Waals surface area contributed by atoms with Crippen molar-refractivity contribution in [3.05, 3.63) is 23.3 Å². The van der Waals surface area contributed by atoms with E-state index < -0.39 is 0 Å². The summed E-state index contributed by atoms with van der Waals surface area (Å²) in [5.41, 5.74) is 2.71. The number of allylic oxidation sites excluding steroid dienone is 4. The third kappa shape index (κ3) is 7.44. The van der Waals surface area contributed by atoms with Gasteiger partial charge in [-0.1, -0.05) is 6.92 Å². The minimum Gasteiger partial charge on any atom is -1.00 e. The Morgan fingerprint density at radius 3 is 1.82 bits per heavy atom. The molecular formula is C7H15ClHfSi2-2. The largest absolute Gasteiger partial charge is 1.00 e. The summed E-state index contributed by atoms with van der Waals surface area (Å²) in [6, 6.07) is 0. The average Bonchev–Trinajstić information content (AvgIpc) is 1.91. The molecule has 0 aliphatic heterocycles. The van der Waals surface area contributed by atoms with E-state index in [1.807, 2.05) is 0 Å². The molecule has 0 N–H and O–H groups in total. The van der Waals surface area contributed by atoms with Crippen molar-refractivity contribution >= 4 is 21.9 Å². The van der Waals surface area contributed by atoms with Gasteiger partial charge in [-0.05, 0) is 21.9 Å². The second kappa shape index (κ2) is 11.1. The van der Waals surface area contributed by atoms with E-state index in [0.29, 0.717) is 0 Å². The predicted molar refractivity (Wildman–Crippen MR) is 50.7 cm³/mol. The van der Waals surface area contributed by atoms with Gasteiger partial charge in [0.2, 0.25) is 0 Å². The third-order valence-electron chi connectivity index (χ3n) is 1.37. The van der Waals surface area contributed by atoms with E-state index in [4.69, 9.17) is 0 Å². The third-order valence-corrected chi connectivity index (χ3v) is 1.37. The van der Waals surface area contributed by atoms with Crippen molar-refractivity contribution in [1.82, 2.24) is 0 Å². The monoisotopic (exact) mass is 370 g/mol. The Morgan fingerprint density at radius 2 is 1.73 bits per heavy atom. The van der Waals surface area contributed by atoms with Gasteiger partial charge in [-0.15, -0.1) is 13.3 Å². The first-order chi connectivity index (χ1) is 3.30. The van der Waals surface area contributed by atoms with Crippen molar-refractivity contribution in [2.75, 3.05) is 0 Å². The molecule has 0 spiro atoms. The maximum Gasteiger partial charge on any atom is 0 e. The molecule has 0 saturated carbocycles. The maximum atomic E-state index is 3.19. The maximum absolute atomic E-state index is 3.19. The number of hydrogen-bond donors (Lipinski definition) is 0. The molecule has 0 aromatic heterocycles. The van der Waals surface area contributed by atoms with Gasteiger partial charge in [0, 0.05) is 25.8 Å². The van der Waals surface area contributed by atoms with Crippen molar-refractivity contribution in [1.29, 1.82) is 0 Å². The Bertz CT molecular complexity index is 127. The van der Waals surface area contributed by atoms with E-state index in [1.165, 1.54) is 11.1 Å². The zero-order chi connectivity index (χ0) is 5.28. The summed E-state index contributed by atoms with van der Waals surface area (Å²) in [6.45, 7) is 4.22. The Hall–Kier alpha value is 1.07. The predicted octanol–water partition coefficient (Wildman–Crippen LogP) is -3.28. The molecule has 1 aliphatic rings. The summed E-state index contributed by atoms with van der Waals surface area (Å²) in [4.78, 5) is 0. The van der Waals surface area contributed by atoms with Gasteiger partial charge in [-0.25, -0.2) is 11.1 Å². The molecule has 0 heterocycles. The first-order valence-electron chi connectivity index (χ1n) is 2.55. The Morgan fingerprint density at radius 1 is 1.27 bits per heavy atom. The molecule has 1 rings (SSSR count). The van der Waals surface area contributed by atoms with Crippen LogP contribution in [-0.2, 0) is 25.8 Å². The van der Waals surface area contributed by atoms with E-state index >= 15 is 0 Å². The molecule has 0 aromatic rings. The van der Waals surface area contributed by atoms with E-state index in [1.54, 1.807) is 0 Å². The molecule has 64 valence electrons. The number of hydrogen-bond acceptors (Lipinski definition) is 0. The van der Waals surface area contributed by atoms with Gasteiger partial charge in [0.05, 0.1) is 0 Å². The molecular weight excluding hydrogens is 354 g/mol. The van der Waals surface area contributed by atoms with Crippen LogP contribution in [0.15, 0.2) is 17.2 Å². The SMILES string of the molecule is CC1=[C-]CC=C1C.[Cl-].[Hf].[SiH3].[SiH3]. The van der Waals surface area contributed by atoms with Crippen LogP contribution in [0.5, 0.6) is 0 Å². The van der Waals surface area contributed by atoms with Crippen LogP contribution in [0.1, 0.15) is 20.3 Å².